The third kappa shape index (κ3) is 21.4. The molecule has 2 N–H and O–H groups in total. The fourth-order valence-corrected chi connectivity index (χ4v) is 8.66. The molecule has 8 aromatic rings. The van der Waals surface area contributed by atoms with Crippen molar-refractivity contribution in [2.24, 2.45) is 0 Å². The van der Waals surface area contributed by atoms with Crippen LogP contribution in [0.25, 0.3) is 38.1 Å². The zero-order valence-electron chi connectivity index (χ0n) is 52.3. The third-order valence-electron chi connectivity index (χ3n) is 12.5. The van der Waals surface area contributed by atoms with Crippen LogP contribution in [-0.2, 0) is 46.3 Å². The minimum atomic E-state index is 0.208. The normalized spacial score (nSPS) is 12.1. The van der Waals surface area contributed by atoms with Crippen LogP contribution < -0.4 is 0 Å². The van der Waals surface area contributed by atoms with Gasteiger partial charge in [0.15, 0.2) is 0 Å². The van der Waals surface area contributed by atoms with Crippen LogP contribution in [0.5, 0.6) is 0 Å². The number of H-pyrrole nitrogens is 2. The number of aromatic amines is 2. The van der Waals surface area contributed by atoms with Crippen molar-refractivity contribution >= 4 is 49.4 Å². The Kier molecular flexibility index (Phi) is 28.6. The summed E-state index contributed by atoms with van der Waals surface area (Å²) >= 11 is 1.70. The molecule has 0 saturated heterocycles. The molecule has 0 atom stereocenters. The molecule has 3 heterocycles. The predicted octanol–water partition coefficient (Wildman–Crippen LogP) is 22.1. The first-order valence-electron chi connectivity index (χ1n) is 28.6. The number of nitrogens with zero attached hydrogens (tertiary/aromatic N) is 2. The molecule has 0 amide bonds. The van der Waals surface area contributed by atoms with Gasteiger partial charge in [0, 0.05) is 17.1 Å². The van der Waals surface area contributed by atoms with Crippen molar-refractivity contribution < 1.29 is 0 Å². The summed E-state index contributed by atoms with van der Waals surface area (Å²) < 4.78 is 1.27. The second-order valence-corrected chi connectivity index (χ2v) is 24.0. The van der Waals surface area contributed by atoms with Crippen LogP contribution in [0.2, 0.25) is 0 Å². The molecule has 0 aliphatic heterocycles. The lowest BCUT2D eigenvalue weighted by Crippen LogP contribution is -2.11. The molecule has 5 heteroatoms. The summed E-state index contributed by atoms with van der Waals surface area (Å²) in [6, 6.07) is 35.5. The summed E-state index contributed by atoms with van der Waals surface area (Å²) in [6.45, 7) is 53.6. The standard InChI is InChI=1S/C13H18.C13H16.C12H15N.C11H14N2.C11H13NS.5C2H6/c2*1-13(2,3)12-8-7-10-5-4-6-11(10)9-12;1-12(2,3)10-5-4-9-6-7-13-11(9)8-10;1-11(2,3)9-5-4-8-7-12-13-10(8)6-9;1-11(2,3)8-4-5-10-9(6-8)12-7-13-10;5*1-2/h7-9H,4-6H2,1-3H3;4-5,7-9H,6H2,1-3H3;4-8,13H,1-3H3;4-7H,1-3H3,(H,12,13);4-7H,1-3H3;5*1-2H3. The molecule has 10 rings (SSSR count). The molecule has 0 saturated carbocycles. The summed E-state index contributed by atoms with van der Waals surface area (Å²) in [6.07, 6.45) is 13.3. The first-order valence-corrected chi connectivity index (χ1v) is 29.5. The van der Waals surface area contributed by atoms with Crippen molar-refractivity contribution in [1.29, 1.82) is 0 Å². The molecule has 2 aliphatic rings. The number of nitrogens with one attached hydrogen (secondary N) is 2. The van der Waals surface area contributed by atoms with Crippen molar-refractivity contribution in [2.45, 2.75) is 226 Å². The van der Waals surface area contributed by atoms with Gasteiger partial charge in [-0.05, 0) is 139 Å². The van der Waals surface area contributed by atoms with Crippen molar-refractivity contribution in [2.75, 3.05) is 0 Å². The first-order chi connectivity index (χ1) is 35.4. The SMILES string of the molecule is CC.CC.CC.CC.CC.CC(C)(C)c1ccc2c(c1)CC=C2.CC(C)(C)c1ccc2c(c1)CCC2.CC(C)(C)c1ccc2cc[nH]c2c1.CC(C)(C)c1ccc2cn[nH]c2c1.CC(C)(C)c1ccc2scnc2c1. The summed E-state index contributed by atoms with van der Waals surface area (Å²) in [5, 5.41) is 9.44. The Hall–Kier alpha value is -5.26. The number of fused-ring (bicyclic) bond motifs is 5. The molecule has 0 bridgehead atoms. The van der Waals surface area contributed by atoms with Gasteiger partial charge in [-0.15, -0.1) is 11.3 Å². The monoisotopic (exact) mass is 1030 g/mol. The van der Waals surface area contributed by atoms with Crippen molar-refractivity contribution in [3.8, 4) is 0 Å². The van der Waals surface area contributed by atoms with Gasteiger partial charge in [-0.25, -0.2) is 4.98 Å². The number of thiazole rings is 1. The van der Waals surface area contributed by atoms with Crippen LogP contribution in [0.1, 0.15) is 230 Å². The minimum absolute atomic E-state index is 0.208. The largest absolute Gasteiger partial charge is 0.361 e. The van der Waals surface area contributed by atoms with Gasteiger partial charge < -0.3 is 4.98 Å². The van der Waals surface area contributed by atoms with Gasteiger partial charge in [-0.1, -0.05) is 252 Å². The number of aryl methyl sites for hydroxylation is 2. The second kappa shape index (κ2) is 31.7. The molecule has 75 heavy (non-hydrogen) atoms. The molecule has 2 aliphatic carbocycles. The number of allylic oxidation sites excluding steroid dienone is 1. The van der Waals surface area contributed by atoms with E-state index in [0.717, 1.165) is 17.5 Å². The Labute approximate surface area is 464 Å². The van der Waals surface area contributed by atoms with Crippen molar-refractivity contribution in [3.63, 3.8) is 0 Å². The third-order valence-corrected chi connectivity index (χ3v) is 13.3. The Balaban J connectivity index is 0.000000449. The molecule has 412 valence electrons. The van der Waals surface area contributed by atoms with Crippen LogP contribution in [-0.4, -0.2) is 20.2 Å². The van der Waals surface area contributed by atoms with Gasteiger partial charge >= 0.3 is 0 Å². The fourth-order valence-electron chi connectivity index (χ4n) is 8.01. The van der Waals surface area contributed by atoms with Gasteiger partial charge in [-0.3, -0.25) is 5.10 Å². The summed E-state index contributed by atoms with van der Waals surface area (Å²) in [5.41, 5.74) is 19.6. The molecule has 0 spiro atoms. The van der Waals surface area contributed by atoms with E-state index >= 15 is 0 Å². The molecular formula is C70H106N4S. The maximum Gasteiger partial charge on any atom is 0.0814 e. The van der Waals surface area contributed by atoms with E-state index in [2.05, 4.69) is 233 Å². The zero-order chi connectivity index (χ0) is 57.4. The van der Waals surface area contributed by atoms with E-state index in [1.807, 2.05) is 87.1 Å². The number of aromatic nitrogens is 4. The zero-order valence-corrected chi connectivity index (χ0v) is 53.1. The van der Waals surface area contributed by atoms with E-state index in [-0.39, 0.29) is 21.7 Å². The summed E-state index contributed by atoms with van der Waals surface area (Å²) in [4.78, 5) is 7.54. The molecule has 3 aromatic heterocycles. The van der Waals surface area contributed by atoms with Gasteiger partial charge in [0.05, 0.1) is 27.4 Å². The van der Waals surface area contributed by atoms with E-state index in [4.69, 9.17) is 0 Å². The molecule has 0 unspecified atom stereocenters. The van der Waals surface area contributed by atoms with E-state index in [1.54, 1.807) is 22.5 Å². The van der Waals surface area contributed by atoms with Gasteiger partial charge in [0.2, 0.25) is 0 Å². The van der Waals surface area contributed by atoms with E-state index in [9.17, 15) is 0 Å². The summed E-state index contributed by atoms with van der Waals surface area (Å²) in [5.74, 6) is 0. The van der Waals surface area contributed by atoms with E-state index in [1.165, 1.54) is 79.2 Å². The average Bonchev–Trinajstić information content (AvgIpc) is 4.26. The first kappa shape index (κ1) is 67.8. The van der Waals surface area contributed by atoms with Crippen LogP contribution >= 0.6 is 11.3 Å². The lowest BCUT2D eigenvalue weighted by atomic mass is 9.85. The van der Waals surface area contributed by atoms with Gasteiger partial charge in [0.1, 0.15) is 0 Å². The Morgan fingerprint density at radius 3 is 1.45 bits per heavy atom. The van der Waals surface area contributed by atoms with Crippen LogP contribution in [0.15, 0.2) is 121 Å². The van der Waals surface area contributed by atoms with Crippen LogP contribution in [0.3, 0.4) is 0 Å². The van der Waals surface area contributed by atoms with Gasteiger partial charge in [0.25, 0.3) is 0 Å². The van der Waals surface area contributed by atoms with Crippen molar-refractivity contribution in [3.05, 3.63) is 171 Å². The lowest BCUT2D eigenvalue weighted by Gasteiger charge is -2.19. The quantitative estimate of drug-likeness (QED) is 0.159. The van der Waals surface area contributed by atoms with Gasteiger partial charge in [-0.2, -0.15) is 5.10 Å². The lowest BCUT2D eigenvalue weighted by molar-refractivity contribution is 0.589. The molecule has 4 nitrogen and oxygen atoms in total. The summed E-state index contributed by atoms with van der Waals surface area (Å²) in [7, 11) is 0. The highest BCUT2D eigenvalue weighted by atomic mass is 32.1. The number of rotatable bonds is 0. The van der Waals surface area contributed by atoms with E-state index in [0.29, 0.717) is 5.41 Å². The maximum atomic E-state index is 4.31. The predicted molar refractivity (Wildman–Crippen MR) is 342 cm³/mol. The minimum Gasteiger partial charge on any atom is -0.361 e. The number of hydrogen-bond donors (Lipinski definition) is 2. The Morgan fingerprint density at radius 1 is 0.440 bits per heavy atom. The topological polar surface area (TPSA) is 57.4 Å². The molecule has 0 fully saturated rings. The second-order valence-electron chi connectivity index (χ2n) is 23.1. The maximum absolute atomic E-state index is 4.31. The average molecular weight is 1040 g/mol. The van der Waals surface area contributed by atoms with E-state index < -0.39 is 0 Å². The molecule has 5 aromatic carbocycles. The van der Waals surface area contributed by atoms with Crippen LogP contribution in [0.4, 0.5) is 0 Å². The van der Waals surface area contributed by atoms with Crippen LogP contribution in [0, 0.1) is 0 Å². The molecular weight excluding hydrogens is 929 g/mol. The molecule has 0 radical (unpaired) electrons. The highest BCUT2D eigenvalue weighted by molar-refractivity contribution is 7.16. The number of hydrogen-bond acceptors (Lipinski definition) is 3. The Morgan fingerprint density at radius 2 is 0.893 bits per heavy atom. The smallest absolute Gasteiger partial charge is 0.0814 e. The number of benzene rings is 5. The highest BCUT2D eigenvalue weighted by Gasteiger charge is 2.19. The van der Waals surface area contributed by atoms with Crippen molar-refractivity contribution in [1.82, 2.24) is 20.2 Å². The fraction of sp³-hybridized carbons (Fsp3) is 0.486. The Bertz CT molecular complexity index is 2620. The highest BCUT2D eigenvalue weighted by Crippen LogP contribution is 2.31.